The molecule has 0 aliphatic rings. The van der Waals surface area contributed by atoms with E-state index in [1.807, 2.05) is 38.1 Å². The average Bonchev–Trinajstić information content (AvgIpc) is 2.43. The molecule has 5 heteroatoms. The number of fused-ring (bicyclic) bond motifs is 1. The molecular formula is C15H18BrN3O. The minimum absolute atomic E-state index is 0.0588. The second kappa shape index (κ2) is 6.81. The fourth-order valence-corrected chi connectivity index (χ4v) is 2.42. The van der Waals surface area contributed by atoms with E-state index in [0.717, 1.165) is 34.2 Å². The highest BCUT2D eigenvalue weighted by Crippen LogP contribution is 2.22. The van der Waals surface area contributed by atoms with E-state index in [9.17, 15) is 4.79 Å². The summed E-state index contributed by atoms with van der Waals surface area (Å²) in [6.45, 7) is 6.23. The molecule has 0 bridgehead atoms. The molecular weight excluding hydrogens is 318 g/mol. The van der Waals surface area contributed by atoms with Gasteiger partial charge in [0.2, 0.25) is 0 Å². The van der Waals surface area contributed by atoms with Crippen LogP contribution >= 0.6 is 15.9 Å². The van der Waals surface area contributed by atoms with E-state index in [2.05, 4.69) is 31.5 Å². The molecule has 2 rings (SSSR count). The second-order valence-electron chi connectivity index (χ2n) is 4.58. The Morgan fingerprint density at radius 3 is 2.85 bits per heavy atom. The van der Waals surface area contributed by atoms with Crippen LogP contribution in [-0.2, 0) is 0 Å². The van der Waals surface area contributed by atoms with E-state index in [0.29, 0.717) is 12.1 Å². The lowest BCUT2D eigenvalue weighted by Gasteiger charge is -2.09. The molecule has 0 saturated carbocycles. The number of amides is 1. The van der Waals surface area contributed by atoms with Gasteiger partial charge in [-0.25, -0.2) is 0 Å². The van der Waals surface area contributed by atoms with Crippen LogP contribution < -0.4 is 10.6 Å². The summed E-state index contributed by atoms with van der Waals surface area (Å²) in [6.07, 6.45) is 0. The lowest BCUT2D eigenvalue weighted by atomic mass is 10.1. The molecule has 0 saturated heterocycles. The van der Waals surface area contributed by atoms with Gasteiger partial charge < -0.3 is 10.6 Å². The summed E-state index contributed by atoms with van der Waals surface area (Å²) in [4.78, 5) is 16.8. The van der Waals surface area contributed by atoms with Crippen molar-refractivity contribution in [3.8, 4) is 0 Å². The van der Waals surface area contributed by atoms with Gasteiger partial charge in [-0.3, -0.25) is 9.78 Å². The van der Waals surface area contributed by atoms with Crippen LogP contribution in [0.2, 0.25) is 0 Å². The number of aryl methyl sites for hydroxylation is 1. The molecule has 1 aromatic carbocycles. The zero-order chi connectivity index (χ0) is 14.5. The monoisotopic (exact) mass is 335 g/mol. The molecule has 2 aromatic rings. The Kier molecular flexibility index (Phi) is 5.09. The number of carbonyl (C=O) groups is 1. The average molecular weight is 336 g/mol. The normalized spacial score (nSPS) is 10.8. The third-order valence-corrected chi connectivity index (χ3v) is 3.47. The van der Waals surface area contributed by atoms with Gasteiger partial charge in [0, 0.05) is 28.6 Å². The van der Waals surface area contributed by atoms with Crippen LogP contribution in [0.3, 0.4) is 0 Å². The number of benzene rings is 1. The second-order valence-corrected chi connectivity index (χ2v) is 5.50. The Bertz CT molecular complexity index is 628. The first-order valence-corrected chi connectivity index (χ1v) is 7.47. The van der Waals surface area contributed by atoms with Crippen molar-refractivity contribution in [3.05, 3.63) is 40.0 Å². The lowest BCUT2D eigenvalue weighted by Crippen LogP contribution is -2.31. The third kappa shape index (κ3) is 3.55. The molecule has 0 unspecified atom stereocenters. The van der Waals surface area contributed by atoms with E-state index in [1.54, 1.807) is 0 Å². The van der Waals surface area contributed by atoms with E-state index >= 15 is 0 Å². The molecule has 2 N–H and O–H groups in total. The Morgan fingerprint density at radius 2 is 2.10 bits per heavy atom. The van der Waals surface area contributed by atoms with Gasteiger partial charge in [-0.1, -0.05) is 22.9 Å². The highest BCUT2D eigenvalue weighted by Gasteiger charge is 2.11. The maximum Gasteiger partial charge on any atom is 0.252 e. The smallest absolute Gasteiger partial charge is 0.252 e. The van der Waals surface area contributed by atoms with E-state index < -0.39 is 0 Å². The van der Waals surface area contributed by atoms with E-state index in [1.165, 1.54) is 0 Å². The van der Waals surface area contributed by atoms with E-state index in [-0.39, 0.29) is 5.91 Å². The fourth-order valence-electron chi connectivity index (χ4n) is 2.05. The maximum atomic E-state index is 12.3. The SMILES string of the molecule is CCNCCNC(=O)c1cc(C)nc2ccc(Br)cc12. The van der Waals surface area contributed by atoms with Gasteiger partial charge in [0.1, 0.15) is 0 Å². The number of aromatic nitrogens is 1. The molecule has 0 aliphatic carbocycles. The highest BCUT2D eigenvalue weighted by molar-refractivity contribution is 9.10. The van der Waals surface area contributed by atoms with Gasteiger partial charge in [-0.05, 0) is 37.7 Å². The van der Waals surface area contributed by atoms with Crippen LogP contribution in [0.1, 0.15) is 23.0 Å². The number of halogens is 1. The first-order valence-electron chi connectivity index (χ1n) is 6.67. The Labute approximate surface area is 127 Å². The standard InChI is InChI=1S/C15H18BrN3O/c1-3-17-6-7-18-15(20)13-8-10(2)19-14-5-4-11(16)9-12(13)14/h4-5,8-9,17H,3,6-7H2,1-2H3,(H,18,20). The number of carbonyl (C=O) groups excluding carboxylic acids is 1. The molecule has 1 aromatic heterocycles. The highest BCUT2D eigenvalue weighted by atomic mass is 79.9. The van der Waals surface area contributed by atoms with Crippen LogP contribution in [0.15, 0.2) is 28.7 Å². The molecule has 1 heterocycles. The Balaban J connectivity index is 2.27. The lowest BCUT2D eigenvalue weighted by molar-refractivity contribution is 0.0955. The number of pyridine rings is 1. The van der Waals surface area contributed by atoms with Crippen molar-refractivity contribution in [3.63, 3.8) is 0 Å². The Hall–Kier alpha value is -1.46. The quantitative estimate of drug-likeness (QED) is 0.826. The van der Waals surface area contributed by atoms with Gasteiger partial charge in [0.15, 0.2) is 0 Å². The fraction of sp³-hybridized carbons (Fsp3) is 0.333. The van der Waals surface area contributed by atoms with Crippen LogP contribution in [0.5, 0.6) is 0 Å². The zero-order valence-corrected chi connectivity index (χ0v) is 13.3. The van der Waals surface area contributed by atoms with Crippen LogP contribution in [0.4, 0.5) is 0 Å². The van der Waals surface area contributed by atoms with Crippen molar-refractivity contribution < 1.29 is 4.79 Å². The first kappa shape index (κ1) is 14.9. The van der Waals surface area contributed by atoms with Crippen molar-refractivity contribution in [1.82, 2.24) is 15.6 Å². The molecule has 0 atom stereocenters. The predicted octanol–water partition coefficient (Wildman–Crippen LogP) is 2.65. The van der Waals surface area contributed by atoms with Gasteiger partial charge in [-0.15, -0.1) is 0 Å². The molecule has 0 spiro atoms. The minimum Gasteiger partial charge on any atom is -0.351 e. The van der Waals surface area contributed by atoms with Crippen LogP contribution in [0.25, 0.3) is 10.9 Å². The van der Waals surface area contributed by atoms with Crippen LogP contribution in [-0.4, -0.2) is 30.5 Å². The molecule has 0 fully saturated rings. The molecule has 0 aliphatic heterocycles. The number of rotatable bonds is 5. The van der Waals surface area contributed by atoms with Crippen molar-refractivity contribution in [2.75, 3.05) is 19.6 Å². The predicted molar refractivity (Wildman–Crippen MR) is 85.1 cm³/mol. The van der Waals surface area contributed by atoms with Crippen molar-refractivity contribution >= 4 is 32.7 Å². The van der Waals surface area contributed by atoms with Gasteiger partial charge >= 0.3 is 0 Å². The molecule has 106 valence electrons. The number of nitrogens with zero attached hydrogens (tertiary/aromatic N) is 1. The third-order valence-electron chi connectivity index (χ3n) is 2.98. The number of likely N-dealkylation sites (N-methyl/N-ethyl adjacent to an activating group) is 1. The number of nitrogens with one attached hydrogen (secondary N) is 2. The van der Waals surface area contributed by atoms with Crippen LogP contribution in [0, 0.1) is 6.92 Å². The van der Waals surface area contributed by atoms with Gasteiger partial charge in [0.05, 0.1) is 11.1 Å². The van der Waals surface area contributed by atoms with Crippen molar-refractivity contribution in [1.29, 1.82) is 0 Å². The van der Waals surface area contributed by atoms with E-state index in [4.69, 9.17) is 0 Å². The minimum atomic E-state index is -0.0588. The zero-order valence-electron chi connectivity index (χ0n) is 11.7. The summed E-state index contributed by atoms with van der Waals surface area (Å²) >= 11 is 3.44. The van der Waals surface area contributed by atoms with Gasteiger partial charge in [-0.2, -0.15) is 0 Å². The number of hydrogen-bond acceptors (Lipinski definition) is 3. The summed E-state index contributed by atoms with van der Waals surface area (Å²) in [5.41, 5.74) is 2.35. The number of hydrogen-bond donors (Lipinski definition) is 2. The van der Waals surface area contributed by atoms with Crippen molar-refractivity contribution in [2.24, 2.45) is 0 Å². The van der Waals surface area contributed by atoms with Gasteiger partial charge in [0.25, 0.3) is 5.91 Å². The first-order chi connectivity index (χ1) is 9.61. The van der Waals surface area contributed by atoms with Crippen molar-refractivity contribution in [2.45, 2.75) is 13.8 Å². The largest absolute Gasteiger partial charge is 0.351 e. The summed E-state index contributed by atoms with van der Waals surface area (Å²) in [7, 11) is 0. The molecule has 4 nitrogen and oxygen atoms in total. The molecule has 20 heavy (non-hydrogen) atoms. The summed E-state index contributed by atoms with van der Waals surface area (Å²) in [5, 5.41) is 6.97. The summed E-state index contributed by atoms with van der Waals surface area (Å²) in [6, 6.07) is 7.61. The summed E-state index contributed by atoms with van der Waals surface area (Å²) < 4.78 is 0.942. The topological polar surface area (TPSA) is 54.0 Å². The summed E-state index contributed by atoms with van der Waals surface area (Å²) in [5.74, 6) is -0.0588. The Morgan fingerprint density at radius 1 is 1.30 bits per heavy atom. The maximum absolute atomic E-state index is 12.3. The molecule has 0 radical (unpaired) electrons. The molecule has 1 amide bonds.